The van der Waals surface area contributed by atoms with Gasteiger partial charge in [0, 0.05) is 17.3 Å². The summed E-state index contributed by atoms with van der Waals surface area (Å²) < 4.78 is 11.5. The Hall–Kier alpha value is -1.66. The Labute approximate surface area is 152 Å². The van der Waals surface area contributed by atoms with Gasteiger partial charge in [0.05, 0.1) is 12.2 Å². The highest BCUT2D eigenvalue weighted by molar-refractivity contribution is 5.93. The molecule has 2 aliphatic heterocycles. The van der Waals surface area contributed by atoms with E-state index in [1.807, 2.05) is 0 Å². The van der Waals surface area contributed by atoms with Crippen molar-refractivity contribution >= 4 is 12.3 Å². The van der Waals surface area contributed by atoms with Crippen LogP contribution in [0.5, 0.6) is 0 Å². The lowest BCUT2D eigenvalue weighted by Crippen LogP contribution is -2.61. The van der Waals surface area contributed by atoms with E-state index in [9.17, 15) is 19.8 Å². The van der Waals surface area contributed by atoms with E-state index < -0.39 is 17.7 Å². The maximum absolute atomic E-state index is 12.8. The summed E-state index contributed by atoms with van der Waals surface area (Å²) >= 11 is 0. The van der Waals surface area contributed by atoms with E-state index >= 15 is 0 Å². The SMILES string of the molecule is CC1=C(C=O)CCC2C(=C1O)C(=O)O[C@H]1CCC(C)(C)[C@H]3[C@H](O)OC[C@@]213. The van der Waals surface area contributed by atoms with Crippen molar-refractivity contribution in [1.82, 2.24) is 0 Å². The molecule has 6 nitrogen and oxygen atoms in total. The number of hydrogen-bond acceptors (Lipinski definition) is 6. The number of carbonyl (C=O) groups excluding carboxylic acids is 2. The molecule has 0 aromatic rings. The minimum Gasteiger partial charge on any atom is -0.507 e. The minimum atomic E-state index is -0.921. The molecule has 0 radical (unpaired) electrons. The van der Waals surface area contributed by atoms with Gasteiger partial charge in [-0.25, -0.2) is 4.79 Å². The third-order valence-corrected chi connectivity index (χ3v) is 7.26. The first-order chi connectivity index (χ1) is 12.2. The largest absolute Gasteiger partial charge is 0.507 e. The average Bonchev–Trinajstić information content (AvgIpc) is 2.88. The highest BCUT2D eigenvalue weighted by atomic mass is 16.6. The molecule has 26 heavy (non-hydrogen) atoms. The van der Waals surface area contributed by atoms with E-state index in [-0.39, 0.29) is 41.3 Å². The van der Waals surface area contributed by atoms with Crippen LogP contribution in [0.3, 0.4) is 0 Å². The number of esters is 1. The van der Waals surface area contributed by atoms with Crippen molar-refractivity contribution in [2.75, 3.05) is 6.61 Å². The van der Waals surface area contributed by atoms with Crippen LogP contribution in [0.4, 0.5) is 0 Å². The Balaban J connectivity index is 1.90. The van der Waals surface area contributed by atoms with E-state index in [1.54, 1.807) is 6.92 Å². The molecule has 2 heterocycles. The summed E-state index contributed by atoms with van der Waals surface area (Å²) in [6.07, 6.45) is 2.07. The number of hydrogen-bond donors (Lipinski definition) is 2. The summed E-state index contributed by atoms with van der Waals surface area (Å²) in [4.78, 5) is 24.2. The zero-order valence-electron chi connectivity index (χ0n) is 15.4. The Bertz CT molecular complexity index is 733. The quantitative estimate of drug-likeness (QED) is 0.550. The molecular weight excluding hydrogens is 336 g/mol. The second-order valence-electron chi connectivity index (χ2n) is 8.83. The summed E-state index contributed by atoms with van der Waals surface area (Å²) in [5.41, 5.74) is 0.443. The lowest BCUT2D eigenvalue weighted by molar-refractivity contribution is -0.194. The number of aldehydes is 1. The second kappa shape index (κ2) is 5.67. The standard InChI is InChI=1S/C20H26O6/c1-10-11(8-21)4-5-12-14(15(10)22)17(23)26-13-6-7-19(2,3)16-18(24)25-9-20(12,13)16/h8,12-13,16,18,22,24H,4-7,9H2,1-3H3/t12?,13-,16+,18+,20+/m0/s1. The van der Waals surface area contributed by atoms with E-state index in [0.717, 1.165) is 12.7 Å². The Kier molecular flexibility index (Phi) is 3.87. The normalized spacial score (nSPS) is 41.8. The zero-order valence-corrected chi connectivity index (χ0v) is 15.4. The van der Waals surface area contributed by atoms with Crippen molar-refractivity contribution in [2.45, 2.75) is 58.8 Å². The molecule has 142 valence electrons. The van der Waals surface area contributed by atoms with Crippen molar-refractivity contribution in [3.05, 3.63) is 22.5 Å². The fraction of sp³-hybridized carbons (Fsp3) is 0.700. The van der Waals surface area contributed by atoms with Gasteiger partial charge in [-0.3, -0.25) is 4.79 Å². The van der Waals surface area contributed by atoms with Gasteiger partial charge >= 0.3 is 5.97 Å². The van der Waals surface area contributed by atoms with Crippen LogP contribution < -0.4 is 0 Å². The average molecular weight is 362 g/mol. The first kappa shape index (κ1) is 17.7. The predicted molar refractivity (Wildman–Crippen MR) is 91.9 cm³/mol. The van der Waals surface area contributed by atoms with Crippen molar-refractivity contribution in [1.29, 1.82) is 0 Å². The number of aliphatic hydroxyl groups excluding tert-OH is 2. The maximum Gasteiger partial charge on any atom is 0.338 e. The number of rotatable bonds is 1. The molecule has 4 rings (SSSR count). The molecule has 0 bridgehead atoms. The van der Waals surface area contributed by atoms with Gasteiger partial charge < -0.3 is 19.7 Å². The molecule has 2 N–H and O–H groups in total. The van der Waals surface area contributed by atoms with Gasteiger partial charge in [0.1, 0.15) is 18.1 Å². The van der Waals surface area contributed by atoms with E-state index in [2.05, 4.69) is 13.8 Å². The van der Waals surface area contributed by atoms with Crippen LogP contribution in [0.2, 0.25) is 0 Å². The molecule has 1 unspecified atom stereocenters. The summed E-state index contributed by atoms with van der Waals surface area (Å²) in [6, 6.07) is 0. The monoisotopic (exact) mass is 362 g/mol. The van der Waals surface area contributed by atoms with Crippen LogP contribution in [-0.4, -0.2) is 41.5 Å². The Morgan fingerprint density at radius 1 is 1.27 bits per heavy atom. The lowest BCUT2D eigenvalue weighted by atomic mass is 9.49. The smallest absolute Gasteiger partial charge is 0.338 e. The Morgan fingerprint density at radius 3 is 2.69 bits per heavy atom. The fourth-order valence-corrected chi connectivity index (χ4v) is 5.99. The van der Waals surface area contributed by atoms with Crippen LogP contribution in [0.15, 0.2) is 22.5 Å². The third-order valence-electron chi connectivity index (χ3n) is 7.26. The number of ether oxygens (including phenoxy) is 2. The molecule has 1 saturated carbocycles. The molecule has 0 aromatic heterocycles. The number of aliphatic hydroxyl groups is 2. The topological polar surface area (TPSA) is 93.1 Å². The van der Waals surface area contributed by atoms with E-state index in [1.165, 1.54) is 0 Å². The summed E-state index contributed by atoms with van der Waals surface area (Å²) in [5.74, 6) is -1.15. The third kappa shape index (κ3) is 2.12. The Morgan fingerprint density at radius 2 is 2.00 bits per heavy atom. The summed E-state index contributed by atoms with van der Waals surface area (Å²) in [5, 5.41) is 21.4. The molecular formula is C20H26O6. The van der Waals surface area contributed by atoms with E-state index in [4.69, 9.17) is 9.47 Å². The zero-order chi connectivity index (χ0) is 18.9. The van der Waals surface area contributed by atoms with Crippen molar-refractivity contribution in [3.63, 3.8) is 0 Å². The molecule has 0 amide bonds. The maximum atomic E-state index is 12.8. The lowest BCUT2D eigenvalue weighted by Gasteiger charge is -2.57. The van der Waals surface area contributed by atoms with Gasteiger partial charge in [0.15, 0.2) is 6.29 Å². The molecule has 3 fully saturated rings. The highest BCUT2D eigenvalue weighted by Gasteiger charge is 2.69. The van der Waals surface area contributed by atoms with Gasteiger partial charge in [0.2, 0.25) is 0 Å². The van der Waals surface area contributed by atoms with Crippen LogP contribution in [0, 0.1) is 22.7 Å². The first-order valence-corrected chi connectivity index (χ1v) is 9.33. The minimum absolute atomic E-state index is 0.143. The molecule has 6 heteroatoms. The van der Waals surface area contributed by atoms with Crippen molar-refractivity contribution < 1.29 is 29.3 Å². The van der Waals surface area contributed by atoms with Crippen LogP contribution in [-0.2, 0) is 19.1 Å². The van der Waals surface area contributed by atoms with E-state index in [0.29, 0.717) is 30.4 Å². The molecule has 4 aliphatic rings. The van der Waals surface area contributed by atoms with Crippen LogP contribution >= 0.6 is 0 Å². The number of carbonyl (C=O) groups is 2. The van der Waals surface area contributed by atoms with Gasteiger partial charge in [0.25, 0.3) is 0 Å². The van der Waals surface area contributed by atoms with Gasteiger partial charge in [-0.2, -0.15) is 0 Å². The highest BCUT2D eigenvalue weighted by Crippen LogP contribution is 2.64. The van der Waals surface area contributed by atoms with Crippen molar-refractivity contribution in [3.8, 4) is 0 Å². The molecule has 2 aliphatic carbocycles. The summed E-state index contributed by atoms with van der Waals surface area (Å²) in [6.45, 7) is 6.18. The van der Waals surface area contributed by atoms with Crippen molar-refractivity contribution in [2.24, 2.45) is 22.7 Å². The fourth-order valence-electron chi connectivity index (χ4n) is 5.99. The first-order valence-electron chi connectivity index (χ1n) is 9.33. The second-order valence-corrected chi connectivity index (χ2v) is 8.83. The number of allylic oxidation sites excluding steroid dienone is 2. The van der Waals surface area contributed by atoms with Gasteiger partial charge in [-0.1, -0.05) is 13.8 Å². The van der Waals surface area contributed by atoms with Gasteiger partial charge in [-0.15, -0.1) is 0 Å². The predicted octanol–water partition coefficient (Wildman–Crippen LogP) is 2.42. The molecule has 1 spiro atoms. The number of fused-ring (bicyclic) bond motifs is 1. The van der Waals surface area contributed by atoms with Crippen LogP contribution in [0.1, 0.15) is 46.5 Å². The summed E-state index contributed by atoms with van der Waals surface area (Å²) in [7, 11) is 0. The van der Waals surface area contributed by atoms with Crippen LogP contribution in [0.25, 0.3) is 0 Å². The van der Waals surface area contributed by atoms with Gasteiger partial charge in [-0.05, 0) is 49.2 Å². The molecule has 2 saturated heterocycles. The molecule has 0 aromatic carbocycles. The molecule has 5 atom stereocenters.